The van der Waals surface area contributed by atoms with E-state index in [9.17, 15) is 0 Å². The summed E-state index contributed by atoms with van der Waals surface area (Å²) in [5.41, 5.74) is 0. The lowest BCUT2D eigenvalue weighted by molar-refractivity contribution is 0.341. The standard InChI is InChI=1S/C11H13N3OS/c1-4-9(12-5-1)11-13-10(14-15-11)7-8-3-2-6-16-8/h2-3,6,9,12H,1,4-5,7H2/t9-/m1/s1. The molecule has 1 fully saturated rings. The van der Waals surface area contributed by atoms with Gasteiger partial charge in [0.25, 0.3) is 0 Å². The molecular weight excluding hydrogens is 222 g/mol. The summed E-state index contributed by atoms with van der Waals surface area (Å²) in [4.78, 5) is 5.70. The molecule has 0 saturated carbocycles. The van der Waals surface area contributed by atoms with E-state index in [2.05, 4.69) is 26.9 Å². The van der Waals surface area contributed by atoms with Crippen molar-refractivity contribution in [2.24, 2.45) is 0 Å². The minimum Gasteiger partial charge on any atom is -0.338 e. The lowest BCUT2D eigenvalue weighted by atomic mass is 10.2. The number of nitrogens with zero attached hydrogens (tertiary/aromatic N) is 2. The molecule has 1 aliphatic heterocycles. The van der Waals surface area contributed by atoms with Crippen molar-refractivity contribution in [3.63, 3.8) is 0 Å². The molecule has 2 aromatic heterocycles. The van der Waals surface area contributed by atoms with Crippen molar-refractivity contribution < 1.29 is 4.52 Å². The first kappa shape index (κ1) is 9.99. The van der Waals surface area contributed by atoms with E-state index in [0.717, 1.165) is 31.1 Å². The Morgan fingerprint density at radius 1 is 1.56 bits per heavy atom. The normalized spacial score (nSPS) is 20.4. The number of thiophene rings is 1. The van der Waals surface area contributed by atoms with Gasteiger partial charge in [-0.25, -0.2) is 0 Å². The van der Waals surface area contributed by atoms with E-state index in [1.165, 1.54) is 11.3 Å². The second kappa shape index (κ2) is 4.35. The molecule has 0 radical (unpaired) electrons. The predicted octanol–water partition coefficient (Wildman–Crippen LogP) is 2.15. The molecule has 1 saturated heterocycles. The van der Waals surface area contributed by atoms with Gasteiger partial charge in [0.15, 0.2) is 5.82 Å². The average Bonchev–Trinajstić information content (AvgIpc) is 2.99. The van der Waals surface area contributed by atoms with E-state index in [0.29, 0.717) is 0 Å². The topological polar surface area (TPSA) is 51.0 Å². The SMILES string of the molecule is c1csc(Cc2noc([C@H]3CCCN3)n2)c1. The molecule has 0 amide bonds. The van der Waals surface area contributed by atoms with Crippen LogP contribution in [-0.4, -0.2) is 16.7 Å². The quantitative estimate of drug-likeness (QED) is 0.885. The van der Waals surface area contributed by atoms with Crippen LogP contribution in [-0.2, 0) is 6.42 Å². The maximum Gasteiger partial charge on any atom is 0.243 e. The van der Waals surface area contributed by atoms with Crippen LogP contribution < -0.4 is 5.32 Å². The van der Waals surface area contributed by atoms with Crippen molar-refractivity contribution in [2.45, 2.75) is 25.3 Å². The van der Waals surface area contributed by atoms with Crippen molar-refractivity contribution in [3.8, 4) is 0 Å². The highest BCUT2D eigenvalue weighted by molar-refractivity contribution is 7.09. The van der Waals surface area contributed by atoms with Gasteiger partial charge in [-0.3, -0.25) is 0 Å². The van der Waals surface area contributed by atoms with Crippen LogP contribution in [0.3, 0.4) is 0 Å². The zero-order valence-corrected chi connectivity index (χ0v) is 9.67. The largest absolute Gasteiger partial charge is 0.338 e. The van der Waals surface area contributed by atoms with Crippen molar-refractivity contribution in [3.05, 3.63) is 34.1 Å². The highest BCUT2D eigenvalue weighted by Crippen LogP contribution is 2.22. The molecule has 2 aromatic rings. The molecule has 3 rings (SSSR count). The maximum absolute atomic E-state index is 5.28. The molecule has 0 bridgehead atoms. The van der Waals surface area contributed by atoms with Gasteiger partial charge in [0.2, 0.25) is 5.89 Å². The molecule has 0 aliphatic carbocycles. The van der Waals surface area contributed by atoms with Crippen molar-refractivity contribution >= 4 is 11.3 Å². The van der Waals surface area contributed by atoms with Gasteiger partial charge in [-0.2, -0.15) is 4.98 Å². The lowest BCUT2D eigenvalue weighted by Crippen LogP contribution is -2.13. The molecule has 84 valence electrons. The monoisotopic (exact) mass is 235 g/mol. The van der Waals surface area contributed by atoms with E-state index in [1.807, 2.05) is 6.07 Å². The molecule has 0 unspecified atom stereocenters. The number of rotatable bonds is 3. The Morgan fingerprint density at radius 3 is 3.31 bits per heavy atom. The Morgan fingerprint density at radius 2 is 2.56 bits per heavy atom. The summed E-state index contributed by atoms with van der Waals surface area (Å²) in [5, 5.41) is 9.43. The van der Waals surface area contributed by atoms with Crippen LogP contribution >= 0.6 is 11.3 Å². The molecule has 0 spiro atoms. The minimum atomic E-state index is 0.268. The van der Waals surface area contributed by atoms with E-state index in [1.54, 1.807) is 11.3 Å². The van der Waals surface area contributed by atoms with Crippen LogP contribution in [0.4, 0.5) is 0 Å². The Kier molecular flexibility index (Phi) is 2.71. The molecule has 0 aromatic carbocycles. The van der Waals surface area contributed by atoms with Crippen LogP contribution in [0.1, 0.15) is 35.5 Å². The minimum absolute atomic E-state index is 0.268. The number of nitrogens with one attached hydrogen (secondary N) is 1. The first-order chi connectivity index (χ1) is 7.92. The van der Waals surface area contributed by atoms with Gasteiger partial charge in [-0.15, -0.1) is 11.3 Å². The second-order valence-corrected chi connectivity index (χ2v) is 4.99. The molecule has 5 heteroatoms. The highest BCUT2D eigenvalue weighted by atomic mass is 32.1. The third-order valence-electron chi connectivity index (χ3n) is 2.75. The summed E-state index contributed by atoms with van der Waals surface area (Å²) < 4.78 is 5.28. The van der Waals surface area contributed by atoms with Crippen LogP contribution in [0, 0.1) is 0 Å². The molecule has 1 atom stereocenters. The van der Waals surface area contributed by atoms with Gasteiger partial charge in [0, 0.05) is 11.3 Å². The van der Waals surface area contributed by atoms with Gasteiger partial charge in [-0.1, -0.05) is 11.2 Å². The fourth-order valence-electron chi connectivity index (χ4n) is 1.95. The first-order valence-electron chi connectivity index (χ1n) is 5.50. The molecule has 4 nitrogen and oxygen atoms in total. The smallest absolute Gasteiger partial charge is 0.243 e. The average molecular weight is 235 g/mol. The summed E-state index contributed by atoms with van der Waals surface area (Å²) in [6.07, 6.45) is 3.06. The van der Waals surface area contributed by atoms with Gasteiger partial charge >= 0.3 is 0 Å². The Bertz CT molecular complexity index is 446. The third-order valence-corrected chi connectivity index (χ3v) is 3.63. The summed E-state index contributed by atoms with van der Waals surface area (Å²) in [6, 6.07) is 4.40. The van der Waals surface area contributed by atoms with E-state index >= 15 is 0 Å². The van der Waals surface area contributed by atoms with E-state index in [-0.39, 0.29) is 6.04 Å². The van der Waals surface area contributed by atoms with Crippen LogP contribution in [0.5, 0.6) is 0 Å². The molecule has 3 heterocycles. The first-order valence-corrected chi connectivity index (χ1v) is 6.38. The molecule has 1 N–H and O–H groups in total. The van der Waals surface area contributed by atoms with Crippen molar-refractivity contribution in [1.29, 1.82) is 0 Å². The summed E-state index contributed by atoms with van der Waals surface area (Å²) in [7, 11) is 0. The van der Waals surface area contributed by atoms with Gasteiger partial charge in [-0.05, 0) is 30.8 Å². The van der Waals surface area contributed by atoms with Crippen LogP contribution in [0.15, 0.2) is 22.0 Å². The Hall–Kier alpha value is -1.20. The van der Waals surface area contributed by atoms with E-state index < -0.39 is 0 Å². The summed E-state index contributed by atoms with van der Waals surface area (Å²) in [6.45, 7) is 1.05. The van der Waals surface area contributed by atoms with Gasteiger partial charge < -0.3 is 9.84 Å². The van der Waals surface area contributed by atoms with Gasteiger partial charge in [0.05, 0.1) is 6.04 Å². The summed E-state index contributed by atoms with van der Waals surface area (Å²) in [5.74, 6) is 1.52. The Labute approximate surface area is 97.7 Å². The molecule has 16 heavy (non-hydrogen) atoms. The zero-order chi connectivity index (χ0) is 10.8. The van der Waals surface area contributed by atoms with Crippen molar-refractivity contribution in [1.82, 2.24) is 15.5 Å². The fraction of sp³-hybridized carbons (Fsp3) is 0.455. The Balaban J connectivity index is 1.72. The van der Waals surface area contributed by atoms with Crippen LogP contribution in [0.2, 0.25) is 0 Å². The number of hydrogen-bond acceptors (Lipinski definition) is 5. The molecule has 1 aliphatic rings. The fourth-order valence-corrected chi connectivity index (χ4v) is 2.65. The number of aromatic nitrogens is 2. The van der Waals surface area contributed by atoms with Gasteiger partial charge in [0.1, 0.15) is 0 Å². The van der Waals surface area contributed by atoms with E-state index in [4.69, 9.17) is 4.52 Å². The third kappa shape index (κ3) is 2.01. The highest BCUT2D eigenvalue weighted by Gasteiger charge is 2.22. The van der Waals surface area contributed by atoms with Crippen molar-refractivity contribution in [2.75, 3.05) is 6.54 Å². The zero-order valence-electron chi connectivity index (χ0n) is 8.85. The second-order valence-electron chi connectivity index (χ2n) is 3.95. The lowest BCUT2D eigenvalue weighted by Gasteiger charge is -2.01. The summed E-state index contributed by atoms with van der Waals surface area (Å²) >= 11 is 1.72. The van der Waals surface area contributed by atoms with Crippen LogP contribution in [0.25, 0.3) is 0 Å². The maximum atomic E-state index is 5.28. The number of hydrogen-bond donors (Lipinski definition) is 1. The predicted molar refractivity (Wildman–Crippen MR) is 61.4 cm³/mol. The molecular formula is C11H13N3OS.